The van der Waals surface area contributed by atoms with Crippen molar-refractivity contribution in [1.82, 2.24) is 0 Å². The average molecular weight is 328 g/mol. The van der Waals surface area contributed by atoms with Crippen LogP contribution in [0.2, 0.25) is 0 Å². The quantitative estimate of drug-likeness (QED) is 0.650. The van der Waals surface area contributed by atoms with Gasteiger partial charge in [-0.15, -0.1) is 0 Å². The molecule has 6 nitrogen and oxygen atoms in total. The highest BCUT2D eigenvalue weighted by molar-refractivity contribution is 6.07. The van der Waals surface area contributed by atoms with Crippen LogP contribution in [0, 0.1) is 30.9 Å². The van der Waals surface area contributed by atoms with E-state index in [1.54, 1.807) is 39.0 Å². The van der Waals surface area contributed by atoms with Crippen LogP contribution < -0.4 is 5.32 Å². The zero-order chi connectivity index (χ0) is 17.9. The molecule has 126 valence electrons. The lowest BCUT2D eigenvalue weighted by molar-refractivity contribution is -0.386. The van der Waals surface area contributed by atoms with Gasteiger partial charge in [0.25, 0.3) is 11.6 Å². The molecular formula is C18H20N2O4. The molecule has 0 saturated carbocycles. The molecule has 24 heavy (non-hydrogen) atoms. The van der Waals surface area contributed by atoms with Crippen LogP contribution in [-0.4, -0.2) is 22.5 Å². The van der Waals surface area contributed by atoms with Gasteiger partial charge in [0.2, 0.25) is 0 Å². The largest absolute Gasteiger partial charge is 0.396 e. The lowest BCUT2D eigenvalue weighted by Crippen LogP contribution is -2.16. The highest BCUT2D eigenvalue weighted by Crippen LogP contribution is 2.29. The van der Waals surface area contributed by atoms with E-state index in [2.05, 4.69) is 5.32 Å². The third-order valence-electron chi connectivity index (χ3n) is 3.95. The standard InChI is InChI=1S/C18H20N2O4/c1-11-10-12(2)17(20(23)24)13(3)16(11)18(22)19-15-6-4-14(5-7-15)8-9-21/h4-7,10,21H,8-9H2,1-3H3,(H,19,22). The molecular weight excluding hydrogens is 308 g/mol. The minimum Gasteiger partial charge on any atom is -0.396 e. The Hall–Kier alpha value is -2.73. The van der Waals surface area contributed by atoms with Gasteiger partial charge < -0.3 is 10.4 Å². The third-order valence-corrected chi connectivity index (χ3v) is 3.95. The summed E-state index contributed by atoms with van der Waals surface area (Å²) in [6.07, 6.45) is 0.552. The number of nitro benzene ring substituents is 1. The number of anilines is 1. The lowest BCUT2D eigenvalue weighted by Gasteiger charge is -2.13. The van der Waals surface area contributed by atoms with Crippen molar-refractivity contribution in [3.8, 4) is 0 Å². The van der Waals surface area contributed by atoms with Crippen molar-refractivity contribution in [3.05, 3.63) is 68.3 Å². The van der Waals surface area contributed by atoms with Crippen molar-refractivity contribution >= 4 is 17.3 Å². The van der Waals surface area contributed by atoms with E-state index in [1.807, 2.05) is 12.1 Å². The number of aliphatic hydroxyl groups excluding tert-OH is 1. The highest BCUT2D eigenvalue weighted by atomic mass is 16.6. The van der Waals surface area contributed by atoms with E-state index in [4.69, 9.17) is 5.11 Å². The zero-order valence-electron chi connectivity index (χ0n) is 13.9. The van der Waals surface area contributed by atoms with Gasteiger partial charge in [-0.05, 0) is 56.5 Å². The highest BCUT2D eigenvalue weighted by Gasteiger charge is 2.23. The van der Waals surface area contributed by atoms with Gasteiger partial charge in [-0.2, -0.15) is 0 Å². The summed E-state index contributed by atoms with van der Waals surface area (Å²) in [5.74, 6) is -0.372. The van der Waals surface area contributed by atoms with Gasteiger partial charge in [-0.25, -0.2) is 0 Å². The first-order valence-corrected chi connectivity index (χ1v) is 7.61. The molecule has 0 spiro atoms. The van der Waals surface area contributed by atoms with Crippen LogP contribution in [0.3, 0.4) is 0 Å². The van der Waals surface area contributed by atoms with Crippen LogP contribution in [0.5, 0.6) is 0 Å². The van der Waals surface area contributed by atoms with Gasteiger partial charge in [0.15, 0.2) is 0 Å². The van der Waals surface area contributed by atoms with Gasteiger partial charge in [-0.3, -0.25) is 14.9 Å². The number of rotatable bonds is 5. The van der Waals surface area contributed by atoms with E-state index >= 15 is 0 Å². The summed E-state index contributed by atoms with van der Waals surface area (Å²) in [6.45, 7) is 5.09. The molecule has 0 unspecified atom stereocenters. The Morgan fingerprint density at radius 2 is 1.79 bits per heavy atom. The number of hydrogen-bond donors (Lipinski definition) is 2. The average Bonchev–Trinajstić information content (AvgIpc) is 2.48. The number of benzene rings is 2. The van der Waals surface area contributed by atoms with Gasteiger partial charge >= 0.3 is 0 Å². The molecule has 0 saturated heterocycles. The van der Waals surface area contributed by atoms with Crippen LogP contribution in [0.25, 0.3) is 0 Å². The number of aryl methyl sites for hydroxylation is 2. The molecule has 6 heteroatoms. The minimum absolute atomic E-state index is 0.0240. The fourth-order valence-corrected chi connectivity index (χ4v) is 2.88. The zero-order valence-corrected chi connectivity index (χ0v) is 13.9. The predicted molar refractivity (Wildman–Crippen MR) is 92.5 cm³/mol. The summed E-state index contributed by atoms with van der Waals surface area (Å²) in [7, 11) is 0. The Balaban J connectivity index is 2.33. The van der Waals surface area contributed by atoms with Crippen LogP contribution in [0.1, 0.15) is 32.6 Å². The van der Waals surface area contributed by atoms with E-state index in [-0.39, 0.29) is 18.2 Å². The maximum absolute atomic E-state index is 12.6. The fraction of sp³-hybridized carbons (Fsp3) is 0.278. The molecule has 0 heterocycles. The number of hydrogen-bond acceptors (Lipinski definition) is 4. The second kappa shape index (κ2) is 7.23. The maximum atomic E-state index is 12.6. The first-order chi connectivity index (χ1) is 11.3. The smallest absolute Gasteiger partial charge is 0.275 e. The monoisotopic (exact) mass is 328 g/mol. The number of nitrogens with zero attached hydrogens (tertiary/aromatic N) is 1. The summed E-state index contributed by atoms with van der Waals surface area (Å²) in [5, 5.41) is 22.9. The Labute approximate surface area is 140 Å². The third kappa shape index (κ3) is 3.60. The molecule has 0 fully saturated rings. The Kier molecular flexibility index (Phi) is 5.31. The topological polar surface area (TPSA) is 92.5 Å². The van der Waals surface area contributed by atoms with Crippen LogP contribution in [0.4, 0.5) is 11.4 Å². The molecule has 0 aromatic heterocycles. The Morgan fingerprint density at radius 3 is 2.33 bits per heavy atom. The molecule has 2 N–H and O–H groups in total. The van der Waals surface area contributed by atoms with Crippen molar-refractivity contribution in [2.75, 3.05) is 11.9 Å². The van der Waals surface area contributed by atoms with E-state index in [0.717, 1.165) is 5.56 Å². The van der Waals surface area contributed by atoms with Gasteiger partial charge in [0, 0.05) is 23.4 Å². The molecule has 0 atom stereocenters. The first-order valence-electron chi connectivity index (χ1n) is 7.61. The van der Waals surface area contributed by atoms with Crippen molar-refractivity contribution in [3.63, 3.8) is 0 Å². The molecule has 2 rings (SSSR count). The molecule has 2 aromatic rings. The summed E-state index contributed by atoms with van der Waals surface area (Å²) in [4.78, 5) is 23.4. The number of carbonyl (C=O) groups excluding carboxylic acids is 1. The summed E-state index contributed by atoms with van der Waals surface area (Å²) in [5.41, 5.74) is 3.48. The molecule has 0 aliphatic carbocycles. The molecule has 0 aliphatic heterocycles. The van der Waals surface area contributed by atoms with Crippen molar-refractivity contribution in [1.29, 1.82) is 0 Å². The van der Waals surface area contributed by atoms with E-state index < -0.39 is 4.92 Å². The van der Waals surface area contributed by atoms with Crippen LogP contribution >= 0.6 is 0 Å². The van der Waals surface area contributed by atoms with E-state index in [0.29, 0.717) is 34.4 Å². The van der Waals surface area contributed by atoms with Gasteiger partial charge in [0.1, 0.15) is 0 Å². The maximum Gasteiger partial charge on any atom is 0.275 e. The normalized spacial score (nSPS) is 10.5. The summed E-state index contributed by atoms with van der Waals surface area (Å²) >= 11 is 0. The summed E-state index contributed by atoms with van der Waals surface area (Å²) < 4.78 is 0. The lowest BCUT2D eigenvalue weighted by atomic mass is 9.96. The number of nitro groups is 1. The minimum atomic E-state index is -0.454. The van der Waals surface area contributed by atoms with Crippen molar-refractivity contribution in [2.45, 2.75) is 27.2 Å². The molecule has 0 aliphatic rings. The van der Waals surface area contributed by atoms with Crippen molar-refractivity contribution < 1.29 is 14.8 Å². The SMILES string of the molecule is Cc1cc(C)c([N+](=O)[O-])c(C)c1C(=O)Nc1ccc(CCO)cc1. The number of aliphatic hydroxyl groups is 1. The first kappa shape index (κ1) is 17.6. The number of nitrogens with one attached hydrogen (secondary N) is 1. The molecule has 2 aromatic carbocycles. The Bertz CT molecular complexity index is 783. The van der Waals surface area contributed by atoms with Crippen molar-refractivity contribution in [2.24, 2.45) is 0 Å². The molecule has 1 amide bonds. The van der Waals surface area contributed by atoms with Gasteiger partial charge in [-0.1, -0.05) is 12.1 Å². The van der Waals surface area contributed by atoms with Gasteiger partial charge in [0.05, 0.1) is 10.5 Å². The van der Waals surface area contributed by atoms with E-state index in [9.17, 15) is 14.9 Å². The second-order valence-corrected chi connectivity index (χ2v) is 5.74. The fourth-order valence-electron chi connectivity index (χ4n) is 2.88. The van der Waals surface area contributed by atoms with Crippen LogP contribution in [-0.2, 0) is 6.42 Å². The Morgan fingerprint density at radius 1 is 1.17 bits per heavy atom. The summed E-state index contributed by atoms with van der Waals surface area (Å²) in [6, 6.07) is 8.79. The van der Waals surface area contributed by atoms with E-state index in [1.165, 1.54) is 0 Å². The second-order valence-electron chi connectivity index (χ2n) is 5.74. The van der Waals surface area contributed by atoms with Crippen LogP contribution in [0.15, 0.2) is 30.3 Å². The number of carbonyl (C=O) groups is 1. The molecule has 0 bridgehead atoms. The predicted octanol–water partition coefficient (Wildman–Crippen LogP) is 3.31. The molecule has 0 radical (unpaired) electrons. The number of amides is 1.